The first kappa shape index (κ1) is 13.4. The number of oxime groups is 1. The van der Waals surface area contributed by atoms with Crippen LogP contribution in [0.25, 0.3) is 0 Å². The third kappa shape index (κ3) is 2.86. The largest absolute Gasteiger partial charge is 0.409 e. The second kappa shape index (κ2) is 5.73. The van der Waals surface area contributed by atoms with Crippen molar-refractivity contribution in [3.8, 4) is 0 Å². The van der Waals surface area contributed by atoms with E-state index < -0.39 is 5.92 Å². The molecule has 102 valence electrons. The van der Waals surface area contributed by atoms with Gasteiger partial charge in [-0.3, -0.25) is 4.79 Å². The van der Waals surface area contributed by atoms with E-state index in [-0.39, 0.29) is 17.8 Å². The van der Waals surface area contributed by atoms with E-state index >= 15 is 0 Å². The summed E-state index contributed by atoms with van der Waals surface area (Å²) in [6.45, 7) is 1.84. The minimum Gasteiger partial charge on any atom is -0.409 e. The molecule has 1 aromatic carbocycles. The summed E-state index contributed by atoms with van der Waals surface area (Å²) in [6, 6.07) is 8.29. The van der Waals surface area contributed by atoms with Crippen LogP contribution < -0.4 is 11.1 Å². The van der Waals surface area contributed by atoms with Crippen LogP contribution in [0.2, 0.25) is 0 Å². The highest BCUT2D eigenvalue weighted by atomic mass is 16.4. The van der Waals surface area contributed by atoms with E-state index in [2.05, 4.69) is 22.6 Å². The molecule has 0 saturated carbocycles. The Labute approximate surface area is 112 Å². The molecule has 19 heavy (non-hydrogen) atoms. The highest BCUT2D eigenvalue weighted by molar-refractivity contribution is 6.02. The molecule has 0 aromatic heterocycles. The Balaban J connectivity index is 1.98. The van der Waals surface area contributed by atoms with Crippen LogP contribution in [0.5, 0.6) is 0 Å². The van der Waals surface area contributed by atoms with Gasteiger partial charge in [-0.1, -0.05) is 36.3 Å². The monoisotopic (exact) mass is 261 g/mol. The molecular formula is C14H19N3O2. The Kier molecular flexibility index (Phi) is 4.04. The Bertz CT molecular complexity index is 474. The van der Waals surface area contributed by atoms with Gasteiger partial charge in [0.15, 0.2) is 5.84 Å². The van der Waals surface area contributed by atoms with Crippen LogP contribution >= 0.6 is 0 Å². The Morgan fingerprint density at radius 2 is 2.05 bits per heavy atom. The maximum Gasteiger partial charge on any atom is 0.231 e. The third-order valence-electron chi connectivity index (χ3n) is 3.59. The molecule has 1 aromatic rings. The molecular weight excluding hydrogens is 242 g/mol. The molecule has 1 unspecified atom stereocenters. The zero-order valence-electron chi connectivity index (χ0n) is 11.0. The van der Waals surface area contributed by atoms with Crippen LogP contribution in [0.1, 0.15) is 24.5 Å². The van der Waals surface area contributed by atoms with Crippen molar-refractivity contribution in [1.82, 2.24) is 5.32 Å². The Morgan fingerprint density at radius 3 is 2.53 bits per heavy atom. The second-order valence-electron chi connectivity index (χ2n) is 4.87. The van der Waals surface area contributed by atoms with Crippen LogP contribution in [0, 0.1) is 5.92 Å². The van der Waals surface area contributed by atoms with Crippen molar-refractivity contribution in [2.24, 2.45) is 16.8 Å². The van der Waals surface area contributed by atoms with Crippen molar-refractivity contribution in [1.29, 1.82) is 0 Å². The molecule has 1 amide bonds. The zero-order valence-corrected chi connectivity index (χ0v) is 11.0. The number of rotatable bonds is 4. The van der Waals surface area contributed by atoms with E-state index in [1.165, 1.54) is 11.1 Å². The first-order chi connectivity index (χ1) is 9.15. The minimum absolute atomic E-state index is 0.0319. The fraction of sp³-hybridized carbons (Fsp3) is 0.429. The van der Waals surface area contributed by atoms with Crippen molar-refractivity contribution < 1.29 is 10.0 Å². The molecule has 1 aliphatic rings. The van der Waals surface area contributed by atoms with E-state index in [1.54, 1.807) is 0 Å². The lowest BCUT2D eigenvalue weighted by Crippen LogP contribution is -2.43. The molecule has 0 saturated heterocycles. The molecule has 0 aliphatic heterocycles. The number of hydrogen-bond acceptors (Lipinski definition) is 3. The first-order valence-corrected chi connectivity index (χ1v) is 6.50. The van der Waals surface area contributed by atoms with Gasteiger partial charge in [0.05, 0.1) is 5.92 Å². The lowest BCUT2D eigenvalue weighted by Gasteiger charge is -2.17. The Hall–Kier alpha value is -2.04. The highest BCUT2D eigenvalue weighted by Crippen LogP contribution is 2.22. The van der Waals surface area contributed by atoms with Gasteiger partial charge < -0.3 is 16.3 Å². The summed E-state index contributed by atoms with van der Waals surface area (Å²) in [6.07, 6.45) is 2.20. The van der Waals surface area contributed by atoms with E-state index in [0.29, 0.717) is 6.42 Å². The van der Waals surface area contributed by atoms with Crippen LogP contribution in [0.3, 0.4) is 0 Å². The van der Waals surface area contributed by atoms with Gasteiger partial charge in [0.2, 0.25) is 5.91 Å². The van der Waals surface area contributed by atoms with Gasteiger partial charge in [-0.15, -0.1) is 0 Å². The van der Waals surface area contributed by atoms with Crippen LogP contribution in [-0.2, 0) is 17.6 Å². The topological polar surface area (TPSA) is 87.7 Å². The maximum atomic E-state index is 12.1. The predicted octanol–water partition coefficient (Wildman–Crippen LogP) is 1.04. The van der Waals surface area contributed by atoms with Gasteiger partial charge in [0.25, 0.3) is 0 Å². The molecule has 5 nitrogen and oxygen atoms in total. The number of fused-ring (bicyclic) bond motifs is 1. The number of nitrogens with zero attached hydrogens (tertiary/aromatic N) is 1. The first-order valence-electron chi connectivity index (χ1n) is 6.50. The molecule has 1 aliphatic carbocycles. The average molecular weight is 261 g/mol. The number of benzene rings is 1. The summed E-state index contributed by atoms with van der Waals surface area (Å²) in [5, 5.41) is 14.6. The SMILES string of the molecule is CCC(C(=O)NC1Cc2ccccc2C1)/C(N)=N/O. The molecule has 5 heteroatoms. The summed E-state index contributed by atoms with van der Waals surface area (Å²) < 4.78 is 0. The average Bonchev–Trinajstić information content (AvgIpc) is 2.81. The van der Waals surface area contributed by atoms with E-state index in [0.717, 1.165) is 12.8 Å². The van der Waals surface area contributed by atoms with Crippen molar-refractivity contribution in [3.05, 3.63) is 35.4 Å². The summed E-state index contributed by atoms with van der Waals surface area (Å²) in [7, 11) is 0. The number of nitrogens with two attached hydrogens (primary N) is 1. The Morgan fingerprint density at radius 1 is 1.47 bits per heavy atom. The van der Waals surface area contributed by atoms with Crippen molar-refractivity contribution in [3.63, 3.8) is 0 Å². The van der Waals surface area contributed by atoms with Gasteiger partial charge in [-0.2, -0.15) is 0 Å². The molecule has 0 fully saturated rings. The number of carbonyl (C=O) groups excluding carboxylic acids is 1. The van der Waals surface area contributed by atoms with E-state index in [1.807, 2.05) is 19.1 Å². The van der Waals surface area contributed by atoms with Crippen molar-refractivity contribution in [2.75, 3.05) is 0 Å². The molecule has 4 N–H and O–H groups in total. The number of carbonyl (C=O) groups is 1. The highest BCUT2D eigenvalue weighted by Gasteiger charge is 2.27. The fourth-order valence-electron chi connectivity index (χ4n) is 2.56. The maximum absolute atomic E-state index is 12.1. The van der Waals surface area contributed by atoms with Crippen LogP contribution in [0.4, 0.5) is 0 Å². The second-order valence-corrected chi connectivity index (χ2v) is 4.87. The van der Waals surface area contributed by atoms with Crippen LogP contribution in [0.15, 0.2) is 29.4 Å². The van der Waals surface area contributed by atoms with Gasteiger partial charge in [-0.25, -0.2) is 0 Å². The number of hydrogen-bond donors (Lipinski definition) is 3. The number of amidine groups is 1. The molecule has 0 spiro atoms. The lowest BCUT2D eigenvalue weighted by atomic mass is 10.0. The van der Waals surface area contributed by atoms with E-state index in [4.69, 9.17) is 10.9 Å². The molecule has 2 rings (SSSR count). The minimum atomic E-state index is -0.561. The van der Waals surface area contributed by atoms with Gasteiger partial charge >= 0.3 is 0 Å². The normalized spacial score (nSPS) is 17.0. The molecule has 1 atom stereocenters. The van der Waals surface area contributed by atoms with Gasteiger partial charge in [0.1, 0.15) is 0 Å². The van der Waals surface area contributed by atoms with Gasteiger partial charge in [0, 0.05) is 6.04 Å². The zero-order chi connectivity index (χ0) is 13.8. The summed E-state index contributed by atoms with van der Waals surface area (Å²) in [4.78, 5) is 12.1. The molecule has 0 heterocycles. The van der Waals surface area contributed by atoms with E-state index in [9.17, 15) is 4.79 Å². The fourth-order valence-corrected chi connectivity index (χ4v) is 2.56. The van der Waals surface area contributed by atoms with Crippen molar-refractivity contribution >= 4 is 11.7 Å². The quantitative estimate of drug-likeness (QED) is 0.327. The molecule has 0 radical (unpaired) electrons. The predicted molar refractivity (Wildman–Crippen MR) is 73.0 cm³/mol. The number of amides is 1. The summed E-state index contributed by atoms with van der Waals surface area (Å²) in [5.41, 5.74) is 8.09. The summed E-state index contributed by atoms with van der Waals surface area (Å²) in [5.74, 6) is -0.764. The third-order valence-corrected chi connectivity index (χ3v) is 3.59. The number of nitrogens with one attached hydrogen (secondary N) is 1. The lowest BCUT2D eigenvalue weighted by molar-refractivity contribution is -0.123. The smallest absolute Gasteiger partial charge is 0.231 e. The van der Waals surface area contributed by atoms with Crippen LogP contribution in [-0.4, -0.2) is 23.0 Å². The van der Waals surface area contributed by atoms with Crippen molar-refractivity contribution in [2.45, 2.75) is 32.2 Å². The standard InChI is InChI=1S/C14H19N3O2/c1-2-12(13(15)17-19)14(18)16-11-7-9-5-3-4-6-10(9)8-11/h3-6,11-12,19H,2,7-8H2,1H3,(H2,15,17)(H,16,18). The summed E-state index contributed by atoms with van der Waals surface area (Å²) >= 11 is 0. The van der Waals surface area contributed by atoms with Gasteiger partial charge in [-0.05, 0) is 30.4 Å². The molecule has 0 bridgehead atoms.